The summed E-state index contributed by atoms with van der Waals surface area (Å²) in [5, 5.41) is 9.91. The van der Waals surface area contributed by atoms with Gasteiger partial charge in [0.2, 0.25) is 0 Å². The Bertz CT molecular complexity index is 1240. The maximum absolute atomic E-state index is 13.0. The molecule has 1 aromatic carbocycles. The fourth-order valence-electron chi connectivity index (χ4n) is 8.08. The van der Waals surface area contributed by atoms with Gasteiger partial charge >= 0.3 is 0 Å². The number of carbonyl (C=O) groups excluding carboxylic acids is 1. The first kappa shape index (κ1) is 24.5. The van der Waals surface area contributed by atoms with Crippen LogP contribution in [-0.4, -0.2) is 20.8 Å². The van der Waals surface area contributed by atoms with Crippen molar-refractivity contribution in [3.05, 3.63) is 53.6 Å². The zero-order valence-electron chi connectivity index (χ0n) is 20.9. The van der Waals surface area contributed by atoms with Crippen LogP contribution in [0.3, 0.4) is 0 Å². The van der Waals surface area contributed by atoms with E-state index in [4.69, 9.17) is 4.18 Å². The van der Waals surface area contributed by atoms with E-state index in [-0.39, 0.29) is 40.0 Å². The van der Waals surface area contributed by atoms with E-state index in [1.165, 1.54) is 0 Å². The molecule has 0 bridgehead atoms. The predicted octanol–water partition coefficient (Wildman–Crippen LogP) is 5.76. The highest BCUT2D eigenvalue weighted by molar-refractivity contribution is 7.86. The van der Waals surface area contributed by atoms with Crippen LogP contribution in [0.4, 0.5) is 0 Å². The van der Waals surface area contributed by atoms with Crippen molar-refractivity contribution in [1.29, 1.82) is 5.26 Å². The van der Waals surface area contributed by atoms with Crippen LogP contribution in [0, 0.1) is 58.7 Å². The van der Waals surface area contributed by atoms with Crippen LogP contribution in [-0.2, 0) is 19.1 Å². The van der Waals surface area contributed by atoms with E-state index in [2.05, 4.69) is 26.5 Å². The van der Waals surface area contributed by atoms with Crippen molar-refractivity contribution < 1.29 is 17.4 Å². The highest BCUT2D eigenvalue weighted by Crippen LogP contribution is 2.68. The molecule has 5 rings (SSSR count). The predicted molar refractivity (Wildman–Crippen MR) is 134 cm³/mol. The van der Waals surface area contributed by atoms with Gasteiger partial charge in [0.25, 0.3) is 10.1 Å². The van der Waals surface area contributed by atoms with Gasteiger partial charge < -0.3 is 0 Å². The molecule has 0 amide bonds. The first-order valence-corrected chi connectivity index (χ1v) is 14.2. The number of fused-ring (bicyclic) bond motifs is 5. The molecule has 35 heavy (non-hydrogen) atoms. The molecule has 1 aromatic rings. The molecule has 0 saturated heterocycles. The number of nitrogens with zero attached hydrogens (tertiary/aromatic N) is 1. The van der Waals surface area contributed by atoms with Gasteiger partial charge in [0.1, 0.15) is 0 Å². The summed E-state index contributed by atoms with van der Waals surface area (Å²) in [6.45, 7) is 10.8. The van der Waals surface area contributed by atoms with Gasteiger partial charge in [-0.1, -0.05) is 49.3 Å². The van der Waals surface area contributed by atoms with Crippen LogP contribution in [0.1, 0.15) is 57.9 Å². The van der Waals surface area contributed by atoms with Crippen LogP contribution in [0.15, 0.2) is 53.0 Å². The SMILES string of the molecule is C=C1C[C@H]2[C@@H]3C[C@H](COS(=O)(=O)c4ccc(C)cc4)C4=CC(=O)CC[C@]4(C)[C@H]3CC[C@]2(C)[C@H]1C#N. The Morgan fingerprint density at radius 3 is 2.57 bits per heavy atom. The lowest BCUT2D eigenvalue weighted by molar-refractivity contribution is -0.118. The van der Waals surface area contributed by atoms with Gasteiger partial charge in [-0.05, 0) is 85.8 Å². The number of nitriles is 1. The van der Waals surface area contributed by atoms with E-state index in [0.29, 0.717) is 24.2 Å². The fourth-order valence-corrected chi connectivity index (χ4v) is 9.03. The molecule has 0 heterocycles. The second-order valence-electron chi connectivity index (χ2n) is 11.8. The van der Waals surface area contributed by atoms with E-state index in [9.17, 15) is 18.5 Å². The molecule has 4 aliphatic carbocycles. The van der Waals surface area contributed by atoms with E-state index >= 15 is 0 Å². The minimum Gasteiger partial charge on any atom is -0.295 e. The maximum atomic E-state index is 13.0. The molecule has 0 aliphatic heterocycles. The van der Waals surface area contributed by atoms with E-state index in [0.717, 1.165) is 48.8 Å². The zero-order valence-corrected chi connectivity index (χ0v) is 21.7. The van der Waals surface area contributed by atoms with Crippen LogP contribution in [0.2, 0.25) is 0 Å². The lowest BCUT2D eigenvalue weighted by atomic mass is 9.45. The molecule has 5 nitrogen and oxygen atoms in total. The molecule has 0 unspecified atom stereocenters. The summed E-state index contributed by atoms with van der Waals surface area (Å²) in [7, 11) is -3.90. The minimum atomic E-state index is -3.90. The summed E-state index contributed by atoms with van der Waals surface area (Å²) in [5.41, 5.74) is 2.87. The van der Waals surface area contributed by atoms with Gasteiger partial charge in [0.05, 0.1) is 23.5 Å². The molecule has 3 fully saturated rings. The second-order valence-corrected chi connectivity index (χ2v) is 13.4. The van der Waals surface area contributed by atoms with Crippen LogP contribution < -0.4 is 0 Å². The van der Waals surface area contributed by atoms with Gasteiger partial charge in [-0.15, -0.1) is 0 Å². The number of rotatable bonds is 4. The summed E-state index contributed by atoms with van der Waals surface area (Å²) in [5.74, 6) is 1.00. The second kappa shape index (κ2) is 8.42. The smallest absolute Gasteiger partial charge is 0.295 e. The summed E-state index contributed by atoms with van der Waals surface area (Å²) in [4.78, 5) is 12.7. The van der Waals surface area contributed by atoms with Crippen LogP contribution in [0.5, 0.6) is 0 Å². The molecule has 0 spiro atoms. The Morgan fingerprint density at radius 1 is 1.17 bits per heavy atom. The number of ketones is 1. The lowest BCUT2D eigenvalue weighted by Gasteiger charge is -2.59. The molecule has 186 valence electrons. The molecular formula is C29H35NO4S. The number of hydrogen-bond donors (Lipinski definition) is 0. The molecule has 6 heteroatoms. The summed E-state index contributed by atoms with van der Waals surface area (Å²) < 4.78 is 31.6. The minimum absolute atomic E-state index is 0.0419. The Balaban J connectivity index is 1.47. The summed E-state index contributed by atoms with van der Waals surface area (Å²) >= 11 is 0. The quantitative estimate of drug-likeness (QED) is 0.393. The average molecular weight is 494 g/mol. The monoisotopic (exact) mass is 493 g/mol. The Labute approximate surface area is 209 Å². The van der Waals surface area contributed by atoms with Crippen molar-refractivity contribution >= 4 is 15.9 Å². The summed E-state index contributed by atoms with van der Waals surface area (Å²) in [6, 6.07) is 9.23. The third-order valence-electron chi connectivity index (χ3n) is 9.97. The van der Waals surface area contributed by atoms with Gasteiger partial charge in [0.15, 0.2) is 5.78 Å². The Hall–Kier alpha value is -2.23. The van der Waals surface area contributed by atoms with Gasteiger partial charge in [-0.25, -0.2) is 0 Å². The normalized spacial score (nSPS) is 38.7. The van der Waals surface area contributed by atoms with Crippen molar-refractivity contribution in [2.75, 3.05) is 6.61 Å². The largest absolute Gasteiger partial charge is 0.296 e. The third kappa shape index (κ3) is 3.83. The standard InChI is InChI=1S/C29H35NO4S/c1-18-5-7-22(8-6-18)35(32,33)34-17-20-14-23-24(28(3)11-9-21(31)15-25(20)28)10-12-29(4)26(23)13-19(2)27(29)16-30/h5-8,15,20,23-24,26-27H,2,9-14,17H2,1,3-4H3/t20-,23-,24+,26+,27+,28-,29+/m1/s1. The number of benzene rings is 1. The fraction of sp³-hybridized carbons (Fsp3) is 0.586. The number of allylic oxidation sites excluding steroid dienone is 1. The number of hydrogen-bond acceptors (Lipinski definition) is 5. The number of carbonyl (C=O) groups is 1. The van der Waals surface area contributed by atoms with Gasteiger partial charge in [0, 0.05) is 12.3 Å². The first-order valence-electron chi connectivity index (χ1n) is 12.8. The third-order valence-corrected chi connectivity index (χ3v) is 11.3. The molecule has 0 radical (unpaired) electrons. The number of aryl methyl sites for hydroxylation is 1. The highest BCUT2D eigenvalue weighted by Gasteiger charge is 2.61. The molecule has 0 aromatic heterocycles. The zero-order chi connectivity index (χ0) is 25.2. The molecular weight excluding hydrogens is 458 g/mol. The highest BCUT2D eigenvalue weighted by atomic mass is 32.2. The van der Waals surface area contributed by atoms with Crippen LogP contribution in [0.25, 0.3) is 0 Å². The van der Waals surface area contributed by atoms with Crippen molar-refractivity contribution in [1.82, 2.24) is 0 Å². The molecule has 7 atom stereocenters. The van der Waals surface area contributed by atoms with Crippen molar-refractivity contribution in [3.63, 3.8) is 0 Å². The molecule has 4 aliphatic rings. The Morgan fingerprint density at radius 2 is 1.89 bits per heavy atom. The van der Waals surface area contributed by atoms with Gasteiger partial charge in [-0.3, -0.25) is 8.98 Å². The van der Waals surface area contributed by atoms with Crippen LogP contribution >= 0.6 is 0 Å². The lowest BCUT2D eigenvalue weighted by Crippen LogP contribution is -2.53. The van der Waals surface area contributed by atoms with Crippen molar-refractivity contribution in [3.8, 4) is 6.07 Å². The van der Waals surface area contributed by atoms with E-state index in [1.54, 1.807) is 30.3 Å². The average Bonchev–Trinajstić information content (AvgIpc) is 3.08. The van der Waals surface area contributed by atoms with Gasteiger partial charge in [-0.2, -0.15) is 13.7 Å². The topological polar surface area (TPSA) is 84.2 Å². The molecule has 0 N–H and O–H groups in total. The van der Waals surface area contributed by atoms with E-state index < -0.39 is 10.1 Å². The molecule has 3 saturated carbocycles. The van der Waals surface area contributed by atoms with E-state index in [1.807, 2.05) is 6.92 Å². The van der Waals surface area contributed by atoms with Crippen molar-refractivity contribution in [2.45, 2.75) is 64.2 Å². The summed E-state index contributed by atoms with van der Waals surface area (Å²) in [6.07, 6.45) is 6.80. The first-order chi connectivity index (χ1) is 16.5. The van der Waals surface area contributed by atoms with Crippen molar-refractivity contribution in [2.24, 2.45) is 40.4 Å². The Kier molecular flexibility index (Phi) is 5.89. The maximum Gasteiger partial charge on any atom is 0.296 e.